The van der Waals surface area contributed by atoms with Gasteiger partial charge in [-0.3, -0.25) is 47.9 Å². The maximum absolute atomic E-state index is 15.5. The number of hydrogen-bond donors (Lipinski definition) is 16. The second-order valence-electron chi connectivity index (χ2n) is 33.6. The third-order valence-corrected chi connectivity index (χ3v) is 23.5. The lowest BCUT2D eigenvalue weighted by Gasteiger charge is -2.29. The van der Waals surface area contributed by atoms with Gasteiger partial charge in [-0.05, 0) is 119 Å². The maximum Gasteiger partial charge on any atom is 0.407 e. The van der Waals surface area contributed by atoms with Gasteiger partial charge in [0.05, 0.1) is 25.4 Å². The summed E-state index contributed by atoms with van der Waals surface area (Å²) in [6.45, 7) is 6.52. The standard InChI is InChI=1S/C100H127Cl4N15O22/c1-7-8-9-10-20-43-84(120)110-63(4)87(121)118-85(64(5)136-56-67-31-16-12-17-32-67)95(129)115-80(47-52-108-99(134)140-60-71-37-23-27-41-75(71)103)90(124)111-77(44-49-105)88(122)112-79(46-51-107-98(133)139-59-70-36-22-26-40-74(70)102)91(125)117-83(55-66-29-14-11-15-30-66)94(128)116-82(54-62(2)3)93(127)114-78(45-50-106-97(132)138-58-69-35-21-25-39-73(69)101)89(123)113-81(48-53-109-100(135)141-61-72-38-24-28-42-76(72)104)92(126)119-86(96(130)131)65(6)137-57-68-33-18-13-19-34-68/h11-19,21-42,62-65,77-83,85-86H,7-10,20,43-61,105H2,1-6H3,(H,106,132)(H,107,133)(H,108,134)(H,109,135)(H,110,120)(H,111,124)(H,112,122)(H,113,123)(H,114,127)(H,115,129)(H,116,128)(H,117,125)(H,118,121)(H,119,126)(H,130,131)/t63-,64+,65+,77-,78-,79-,80-,81-,82-,83+,85-,86-/m0/s1. The van der Waals surface area contributed by atoms with Crippen molar-refractivity contribution >= 4 is 136 Å². The minimum atomic E-state index is -1.78. The summed E-state index contributed by atoms with van der Waals surface area (Å²) in [5, 5.41) is 48.2. The average molecular weight is 2030 g/mol. The fraction of sp³-hybridized carbons (Fsp3) is 0.430. The van der Waals surface area contributed by atoms with E-state index in [4.69, 9.17) is 80.6 Å². The molecule has 14 amide bonds. The van der Waals surface area contributed by atoms with Crippen molar-refractivity contribution < 1.29 is 105 Å². The van der Waals surface area contributed by atoms with Gasteiger partial charge in [-0.2, -0.15) is 0 Å². The van der Waals surface area contributed by atoms with E-state index in [9.17, 15) is 43.5 Å². The third-order valence-electron chi connectivity index (χ3n) is 22.0. The van der Waals surface area contributed by atoms with E-state index in [0.717, 1.165) is 25.7 Å². The molecule has 17 N–H and O–H groups in total. The van der Waals surface area contributed by atoms with Crippen LogP contribution in [0, 0.1) is 5.92 Å². The van der Waals surface area contributed by atoms with E-state index in [1.165, 1.54) is 20.8 Å². The van der Waals surface area contributed by atoms with Crippen molar-refractivity contribution in [2.24, 2.45) is 11.7 Å². The van der Waals surface area contributed by atoms with Crippen molar-refractivity contribution in [3.8, 4) is 0 Å². The van der Waals surface area contributed by atoms with Crippen LogP contribution in [0.15, 0.2) is 188 Å². The number of amides is 14. The summed E-state index contributed by atoms with van der Waals surface area (Å²) >= 11 is 25.4. The number of unbranched alkanes of at least 4 members (excludes halogenated alkanes) is 4. The molecule has 0 spiro atoms. The van der Waals surface area contributed by atoms with Crippen molar-refractivity contribution in [3.05, 3.63) is 247 Å². The number of halogens is 4. The summed E-state index contributed by atoms with van der Waals surface area (Å²) in [5.41, 5.74) is 9.79. The minimum absolute atomic E-state index is 0.0606. The topological polar surface area (TPSA) is 526 Å². The Balaban J connectivity index is 1.20. The van der Waals surface area contributed by atoms with E-state index in [2.05, 4.69) is 81.4 Å². The third kappa shape index (κ3) is 42.8. The molecule has 7 aromatic carbocycles. The lowest BCUT2D eigenvalue weighted by atomic mass is 10.00. The molecule has 0 aliphatic rings. The predicted octanol–water partition coefficient (Wildman–Crippen LogP) is 10.0. The zero-order chi connectivity index (χ0) is 103. The monoisotopic (exact) mass is 2030 g/mol. The first kappa shape index (κ1) is 115. The number of hydrogen-bond acceptors (Lipinski definition) is 22. The number of carbonyl (C=O) groups excluding carboxylic acids is 14. The van der Waals surface area contributed by atoms with E-state index in [1.54, 1.807) is 202 Å². The molecule has 0 aliphatic heterocycles. The van der Waals surface area contributed by atoms with E-state index < -0.39 is 220 Å². The van der Waals surface area contributed by atoms with Gasteiger partial charge in [-0.1, -0.05) is 257 Å². The van der Waals surface area contributed by atoms with Crippen molar-refractivity contribution in [3.63, 3.8) is 0 Å². The zero-order valence-corrected chi connectivity index (χ0v) is 82.5. The first-order chi connectivity index (χ1) is 67.7. The Morgan fingerprint density at radius 3 is 0.972 bits per heavy atom. The van der Waals surface area contributed by atoms with Crippen LogP contribution < -0.4 is 80.2 Å². The van der Waals surface area contributed by atoms with Crippen LogP contribution in [0.2, 0.25) is 20.1 Å². The highest BCUT2D eigenvalue weighted by Gasteiger charge is 2.39. The van der Waals surface area contributed by atoms with Crippen LogP contribution >= 0.6 is 46.4 Å². The van der Waals surface area contributed by atoms with Crippen LogP contribution in [0.25, 0.3) is 0 Å². The number of carboxylic acids is 1. The molecule has 0 bridgehead atoms. The first-order valence-electron chi connectivity index (χ1n) is 46.6. The molecule has 0 unspecified atom stereocenters. The van der Waals surface area contributed by atoms with Gasteiger partial charge in [-0.15, -0.1) is 0 Å². The number of carbonyl (C=O) groups is 15. The van der Waals surface area contributed by atoms with Gasteiger partial charge >= 0.3 is 30.3 Å². The molecule has 37 nitrogen and oxygen atoms in total. The zero-order valence-electron chi connectivity index (χ0n) is 79.5. The van der Waals surface area contributed by atoms with E-state index >= 15 is 33.6 Å². The Morgan fingerprint density at radius 2 is 0.617 bits per heavy atom. The molecular weight excluding hydrogens is 1900 g/mol. The van der Waals surface area contributed by atoms with Gasteiger partial charge in [0.1, 0.15) is 80.8 Å². The Morgan fingerprint density at radius 1 is 0.319 bits per heavy atom. The number of rotatable bonds is 60. The minimum Gasteiger partial charge on any atom is -0.480 e. The number of carboxylic acid groups (broad SMARTS) is 1. The van der Waals surface area contributed by atoms with E-state index in [-0.39, 0.29) is 81.9 Å². The quantitative estimate of drug-likeness (QED) is 0.0124. The molecule has 0 fully saturated rings. The summed E-state index contributed by atoms with van der Waals surface area (Å²) < 4.78 is 33.8. The van der Waals surface area contributed by atoms with Crippen LogP contribution in [0.4, 0.5) is 19.2 Å². The summed E-state index contributed by atoms with van der Waals surface area (Å²) in [7, 11) is 0. The Bertz CT molecular complexity index is 5220. The highest BCUT2D eigenvalue weighted by molar-refractivity contribution is 6.32. The molecule has 0 aliphatic carbocycles. The van der Waals surface area contributed by atoms with Crippen LogP contribution in [0.3, 0.4) is 0 Å². The molecule has 0 saturated carbocycles. The second kappa shape index (κ2) is 62.8. The molecule has 7 aromatic rings. The van der Waals surface area contributed by atoms with Crippen molar-refractivity contribution in [2.45, 2.75) is 237 Å². The molecule has 7 rings (SSSR count). The van der Waals surface area contributed by atoms with Crippen molar-refractivity contribution in [2.75, 3.05) is 32.7 Å². The number of benzene rings is 7. The SMILES string of the molecule is CCCCCCCC(=O)N[C@@H](C)C(=O)N[C@H](C(=O)N[C@@H](CCNC(=O)OCc1ccccc1Cl)C(=O)N[C@@H](CCN)C(=O)N[C@@H](CCNC(=O)OCc1ccccc1Cl)C(=O)N[C@H](Cc1ccccc1)C(=O)N[C@@H](CC(C)C)C(=O)N[C@@H](CCNC(=O)OCc1ccccc1Cl)C(=O)N[C@@H](CCNC(=O)OCc1ccccc1Cl)C(=O)N[C@H](C(=O)O)[C@@H](C)OCc1ccccc1)[C@@H](C)OCc1ccccc1. The lowest BCUT2D eigenvalue weighted by molar-refractivity contribution is -0.147. The first-order valence-corrected chi connectivity index (χ1v) is 48.1. The number of aliphatic carboxylic acids is 1. The number of nitrogens with one attached hydrogen (secondary N) is 14. The lowest BCUT2D eigenvalue weighted by Crippen LogP contribution is -2.62. The predicted molar refractivity (Wildman–Crippen MR) is 528 cm³/mol. The maximum atomic E-state index is 15.5. The number of nitrogens with two attached hydrogens (primary N) is 1. The Kier molecular flexibility index (Phi) is 51.1. The molecule has 0 saturated heterocycles. The van der Waals surface area contributed by atoms with E-state index in [0.29, 0.717) is 55.4 Å². The van der Waals surface area contributed by atoms with Crippen LogP contribution in [-0.4, -0.2) is 200 Å². The van der Waals surface area contributed by atoms with Gasteiger partial charge in [0, 0.05) is 81.4 Å². The fourth-order valence-electron chi connectivity index (χ4n) is 14.1. The molecule has 762 valence electrons. The summed E-state index contributed by atoms with van der Waals surface area (Å²) in [6, 6.07) is 35.5. The van der Waals surface area contributed by atoms with Gasteiger partial charge in [-0.25, -0.2) is 24.0 Å². The number of ether oxygens (including phenoxy) is 6. The summed E-state index contributed by atoms with van der Waals surface area (Å²) in [4.78, 5) is 215. The Hall–Kier alpha value is -13.2. The second-order valence-corrected chi connectivity index (χ2v) is 35.3. The molecular formula is C100H127Cl4N15O22. The number of alkyl carbamates (subject to hydrolysis) is 4. The van der Waals surface area contributed by atoms with Gasteiger partial charge in [0.15, 0.2) is 6.04 Å². The summed E-state index contributed by atoms with van der Waals surface area (Å²) in [6.07, 6.45) is -4.68. The van der Waals surface area contributed by atoms with Crippen LogP contribution in [0.1, 0.15) is 158 Å². The largest absolute Gasteiger partial charge is 0.480 e. The molecule has 12 atom stereocenters. The molecule has 141 heavy (non-hydrogen) atoms. The van der Waals surface area contributed by atoms with Gasteiger partial charge < -0.3 is 114 Å². The highest BCUT2D eigenvalue weighted by Crippen LogP contribution is 2.22. The average Bonchev–Trinajstić information content (AvgIpc) is 0.861. The highest BCUT2D eigenvalue weighted by atomic mass is 35.5. The normalized spacial score (nSPS) is 13.6. The van der Waals surface area contributed by atoms with Crippen molar-refractivity contribution in [1.29, 1.82) is 0 Å². The van der Waals surface area contributed by atoms with E-state index in [1.807, 2.05) is 0 Å². The molecule has 0 radical (unpaired) electrons. The van der Waals surface area contributed by atoms with Crippen molar-refractivity contribution in [1.82, 2.24) is 74.4 Å². The van der Waals surface area contributed by atoms with Gasteiger partial charge in [0.25, 0.3) is 0 Å². The van der Waals surface area contributed by atoms with Crippen LogP contribution in [0.5, 0.6) is 0 Å². The molecule has 41 heteroatoms. The van der Waals surface area contributed by atoms with Crippen LogP contribution in [-0.2, 0) is 127 Å². The summed E-state index contributed by atoms with van der Waals surface area (Å²) in [5.74, 6) is -11.7. The molecule has 0 aromatic heterocycles. The smallest absolute Gasteiger partial charge is 0.407 e. The molecule has 0 heterocycles. The fourth-order valence-corrected chi connectivity index (χ4v) is 14.8. The Labute approximate surface area is 839 Å². The van der Waals surface area contributed by atoms with Gasteiger partial charge in [0.2, 0.25) is 59.1 Å².